The first-order valence-electron chi connectivity index (χ1n) is 5.66. The van der Waals surface area contributed by atoms with Gasteiger partial charge in [0.1, 0.15) is 5.82 Å². The largest absolute Gasteiger partial charge is 0.393 e. The number of nitrogens with two attached hydrogens (primary N) is 1. The highest BCUT2D eigenvalue weighted by Crippen LogP contribution is 2.25. The molecule has 5 heteroatoms. The smallest absolute Gasteiger partial charge is 0.222 e. The number of nitrogens with zero attached hydrogens (tertiary/aromatic N) is 2. The van der Waals surface area contributed by atoms with E-state index in [-0.39, 0.29) is 6.10 Å². The normalized spacial score (nSPS) is 24.6. The summed E-state index contributed by atoms with van der Waals surface area (Å²) in [5.41, 5.74) is 6.43. The molecule has 1 saturated carbocycles. The summed E-state index contributed by atoms with van der Waals surface area (Å²) >= 11 is 0. The van der Waals surface area contributed by atoms with Gasteiger partial charge in [0.2, 0.25) is 5.95 Å². The number of aryl methyl sites for hydroxylation is 1. The summed E-state index contributed by atoms with van der Waals surface area (Å²) in [5, 5.41) is 12.7. The van der Waals surface area contributed by atoms with Gasteiger partial charge >= 0.3 is 0 Å². The molecule has 1 aliphatic rings. The second-order valence-corrected chi connectivity index (χ2v) is 4.47. The summed E-state index contributed by atoms with van der Waals surface area (Å²) in [4.78, 5) is 8.12. The maximum absolute atomic E-state index is 9.41. The molecule has 1 heterocycles. The first-order valence-corrected chi connectivity index (χ1v) is 5.66. The van der Waals surface area contributed by atoms with Gasteiger partial charge in [-0.2, -0.15) is 4.98 Å². The van der Waals surface area contributed by atoms with E-state index in [1.54, 1.807) is 0 Å². The van der Waals surface area contributed by atoms with E-state index in [2.05, 4.69) is 15.3 Å². The van der Waals surface area contributed by atoms with Gasteiger partial charge in [0.25, 0.3) is 0 Å². The van der Waals surface area contributed by atoms with E-state index in [4.69, 9.17) is 5.73 Å². The van der Waals surface area contributed by atoms with Crippen molar-refractivity contribution in [2.45, 2.75) is 32.3 Å². The summed E-state index contributed by atoms with van der Waals surface area (Å²) < 4.78 is 0. The fraction of sp³-hybridized carbons (Fsp3) is 0.636. The summed E-state index contributed by atoms with van der Waals surface area (Å²) in [7, 11) is 0. The lowest BCUT2D eigenvalue weighted by atomic mass is 10.1. The number of aliphatic hydroxyl groups is 1. The molecule has 88 valence electrons. The molecule has 0 aliphatic heterocycles. The van der Waals surface area contributed by atoms with E-state index in [1.807, 2.05) is 13.0 Å². The van der Waals surface area contributed by atoms with Crippen molar-refractivity contribution in [3.05, 3.63) is 11.8 Å². The quantitative estimate of drug-likeness (QED) is 0.709. The Balaban J connectivity index is 1.89. The standard InChI is InChI=1S/C11H18N4O/c1-7-4-10(15-11(12)14-7)13-6-8-2-3-9(16)5-8/h4,8-9,16H,2-3,5-6H2,1H3,(H3,12,13,14,15). The van der Waals surface area contributed by atoms with E-state index in [0.29, 0.717) is 11.9 Å². The van der Waals surface area contributed by atoms with Crippen molar-refractivity contribution in [2.75, 3.05) is 17.6 Å². The van der Waals surface area contributed by atoms with Crippen LogP contribution in [-0.4, -0.2) is 27.7 Å². The van der Waals surface area contributed by atoms with Crippen LogP contribution in [0.2, 0.25) is 0 Å². The maximum Gasteiger partial charge on any atom is 0.222 e. The third kappa shape index (κ3) is 2.82. The van der Waals surface area contributed by atoms with Gasteiger partial charge in [-0.1, -0.05) is 0 Å². The second kappa shape index (κ2) is 4.65. The van der Waals surface area contributed by atoms with Crippen LogP contribution in [0, 0.1) is 12.8 Å². The van der Waals surface area contributed by atoms with Crippen LogP contribution >= 0.6 is 0 Å². The van der Waals surface area contributed by atoms with Crippen molar-refractivity contribution in [3.8, 4) is 0 Å². The SMILES string of the molecule is Cc1cc(NCC2CCC(O)C2)nc(N)n1. The molecule has 0 aromatic carbocycles. The van der Waals surface area contributed by atoms with E-state index >= 15 is 0 Å². The fourth-order valence-corrected chi connectivity index (χ4v) is 2.16. The molecule has 0 saturated heterocycles. The number of nitrogens with one attached hydrogen (secondary N) is 1. The Morgan fingerprint density at radius 3 is 2.94 bits per heavy atom. The molecule has 2 unspecified atom stereocenters. The summed E-state index contributed by atoms with van der Waals surface area (Å²) in [6.45, 7) is 2.73. The van der Waals surface area contributed by atoms with Crippen LogP contribution in [0.5, 0.6) is 0 Å². The highest BCUT2D eigenvalue weighted by Gasteiger charge is 2.22. The summed E-state index contributed by atoms with van der Waals surface area (Å²) in [6.07, 6.45) is 2.75. The Labute approximate surface area is 95.1 Å². The Morgan fingerprint density at radius 2 is 2.31 bits per heavy atom. The van der Waals surface area contributed by atoms with Crippen molar-refractivity contribution < 1.29 is 5.11 Å². The lowest BCUT2D eigenvalue weighted by Crippen LogP contribution is -2.14. The molecule has 0 amide bonds. The third-order valence-electron chi connectivity index (χ3n) is 2.96. The monoisotopic (exact) mass is 222 g/mol. The number of nitrogen functional groups attached to an aromatic ring is 1. The van der Waals surface area contributed by atoms with Gasteiger partial charge in [0, 0.05) is 18.3 Å². The molecular weight excluding hydrogens is 204 g/mol. The highest BCUT2D eigenvalue weighted by molar-refractivity contribution is 5.40. The lowest BCUT2D eigenvalue weighted by molar-refractivity contribution is 0.178. The summed E-state index contributed by atoms with van der Waals surface area (Å²) in [5.74, 6) is 1.60. The minimum absolute atomic E-state index is 0.121. The van der Waals surface area contributed by atoms with Crippen LogP contribution in [0.4, 0.5) is 11.8 Å². The van der Waals surface area contributed by atoms with Gasteiger partial charge in [-0.25, -0.2) is 4.98 Å². The van der Waals surface area contributed by atoms with Gasteiger partial charge in [-0.15, -0.1) is 0 Å². The molecule has 1 aromatic rings. The van der Waals surface area contributed by atoms with Crippen LogP contribution in [0.1, 0.15) is 25.0 Å². The zero-order valence-corrected chi connectivity index (χ0v) is 9.48. The van der Waals surface area contributed by atoms with Gasteiger partial charge in [-0.3, -0.25) is 0 Å². The van der Waals surface area contributed by atoms with Crippen molar-refractivity contribution in [3.63, 3.8) is 0 Å². The molecule has 16 heavy (non-hydrogen) atoms. The number of aromatic nitrogens is 2. The molecule has 2 rings (SSSR count). The second-order valence-electron chi connectivity index (χ2n) is 4.47. The van der Waals surface area contributed by atoms with Crippen molar-refractivity contribution >= 4 is 11.8 Å². The van der Waals surface area contributed by atoms with Gasteiger partial charge in [-0.05, 0) is 32.1 Å². The minimum Gasteiger partial charge on any atom is -0.393 e. The Hall–Kier alpha value is -1.36. The molecule has 1 aromatic heterocycles. The van der Waals surface area contributed by atoms with Crippen LogP contribution < -0.4 is 11.1 Å². The number of aliphatic hydroxyl groups excluding tert-OH is 1. The van der Waals surface area contributed by atoms with Crippen molar-refractivity contribution in [2.24, 2.45) is 5.92 Å². The third-order valence-corrected chi connectivity index (χ3v) is 2.96. The average Bonchev–Trinajstić information content (AvgIpc) is 2.60. The number of hydrogen-bond acceptors (Lipinski definition) is 5. The molecule has 0 radical (unpaired) electrons. The molecule has 0 bridgehead atoms. The first kappa shape index (κ1) is 11.1. The molecule has 1 fully saturated rings. The molecule has 2 atom stereocenters. The predicted molar refractivity (Wildman–Crippen MR) is 63.0 cm³/mol. The van der Waals surface area contributed by atoms with Crippen LogP contribution in [0.3, 0.4) is 0 Å². The topological polar surface area (TPSA) is 84.1 Å². The van der Waals surface area contributed by atoms with Crippen LogP contribution in [0.25, 0.3) is 0 Å². The van der Waals surface area contributed by atoms with Crippen molar-refractivity contribution in [1.82, 2.24) is 9.97 Å². The Morgan fingerprint density at radius 1 is 1.50 bits per heavy atom. The average molecular weight is 222 g/mol. The molecule has 4 N–H and O–H groups in total. The number of hydrogen-bond donors (Lipinski definition) is 3. The van der Waals surface area contributed by atoms with E-state index < -0.39 is 0 Å². The van der Waals surface area contributed by atoms with Crippen LogP contribution in [-0.2, 0) is 0 Å². The number of anilines is 2. The molecule has 1 aliphatic carbocycles. The zero-order valence-electron chi connectivity index (χ0n) is 9.48. The minimum atomic E-state index is -0.121. The van der Waals surface area contributed by atoms with E-state index in [0.717, 1.165) is 37.3 Å². The highest BCUT2D eigenvalue weighted by atomic mass is 16.3. The lowest BCUT2D eigenvalue weighted by Gasteiger charge is -2.11. The molecular formula is C11H18N4O. The first-order chi connectivity index (χ1) is 7.63. The molecule has 5 nitrogen and oxygen atoms in total. The van der Waals surface area contributed by atoms with Gasteiger partial charge < -0.3 is 16.2 Å². The van der Waals surface area contributed by atoms with E-state index in [9.17, 15) is 5.11 Å². The molecule has 0 spiro atoms. The van der Waals surface area contributed by atoms with Crippen molar-refractivity contribution in [1.29, 1.82) is 0 Å². The summed E-state index contributed by atoms with van der Waals surface area (Å²) in [6, 6.07) is 1.88. The maximum atomic E-state index is 9.41. The van der Waals surface area contributed by atoms with E-state index in [1.165, 1.54) is 0 Å². The van der Waals surface area contributed by atoms with Gasteiger partial charge in [0.05, 0.1) is 6.10 Å². The predicted octanol–water partition coefficient (Wildman–Crippen LogP) is 0.940. The number of rotatable bonds is 3. The fourth-order valence-electron chi connectivity index (χ4n) is 2.16. The zero-order chi connectivity index (χ0) is 11.5. The van der Waals surface area contributed by atoms with Crippen LogP contribution in [0.15, 0.2) is 6.07 Å². The van der Waals surface area contributed by atoms with Gasteiger partial charge in [0.15, 0.2) is 0 Å². The Kier molecular flexibility index (Phi) is 3.24. The Bertz CT molecular complexity index is 349.